The van der Waals surface area contributed by atoms with Crippen LogP contribution in [0.15, 0.2) is 74.7 Å². The average Bonchev–Trinajstić information content (AvgIpc) is 3.28. The van der Waals surface area contributed by atoms with Crippen molar-refractivity contribution in [3.8, 4) is 5.75 Å². The molecular weight excluding hydrogens is 392 g/mol. The van der Waals surface area contributed by atoms with E-state index in [1.165, 1.54) is 0 Å². The minimum absolute atomic E-state index is 0.127. The first-order valence-electron chi connectivity index (χ1n) is 8.63. The minimum Gasteiger partial charge on any atom is -0.464 e. The summed E-state index contributed by atoms with van der Waals surface area (Å²) in [6.45, 7) is 1.95. The van der Waals surface area contributed by atoms with E-state index in [2.05, 4.69) is 39.1 Å². The number of aryl methyl sites for hydroxylation is 1. The molecule has 0 aliphatic carbocycles. The fourth-order valence-corrected chi connectivity index (χ4v) is 4.01. The first-order valence-corrected chi connectivity index (χ1v) is 9.42. The van der Waals surface area contributed by atoms with Gasteiger partial charge in [0.25, 0.3) is 0 Å². The van der Waals surface area contributed by atoms with Gasteiger partial charge in [0.15, 0.2) is 0 Å². The van der Waals surface area contributed by atoms with Gasteiger partial charge >= 0.3 is 0 Å². The summed E-state index contributed by atoms with van der Waals surface area (Å²) in [7, 11) is 0. The predicted octanol–water partition coefficient (Wildman–Crippen LogP) is 5.59. The van der Waals surface area contributed by atoms with E-state index >= 15 is 0 Å². The van der Waals surface area contributed by atoms with Crippen molar-refractivity contribution in [2.24, 2.45) is 5.10 Å². The van der Waals surface area contributed by atoms with Gasteiger partial charge in [0, 0.05) is 22.0 Å². The lowest BCUT2D eigenvalue weighted by molar-refractivity contribution is -0.0190. The second-order valence-electron chi connectivity index (χ2n) is 6.62. The highest BCUT2D eigenvalue weighted by atomic mass is 79.9. The quantitative estimate of drug-likeness (QED) is 0.554. The highest BCUT2D eigenvalue weighted by Gasteiger charge is 2.41. The van der Waals surface area contributed by atoms with E-state index in [9.17, 15) is 0 Å². The first kappa shape index (κ1) is 15.7. The van der Waals surface area contributed by atoms with Gasteiger partial charge in [0.1, 0.15) is 23.0 Å². The Morgan fingerprint density at radius 1 is 1.08 bits per heavy atom. The Hall–Kier alpha value is -2.53. The van der Waals surface area contributed by atoms with Gasteiger partial charge in [-0.2, -0.15) is 5.10 Å². The van der Waals surface area contributed by atoms with Crippen LogP contribution in [0.25, 0.3) is 0 Å². The van der Waals surface area contributed by atoms with Crippen LogP contribution in [-0.2, 0) is 0 Å². The number of fused-ring (bicyclic) bond motifs is 3. The van der Waals surface area contributed by atoms with Gasteiger partial charge in [-0.1, -0.05) is 46.3 Å². The molecule has 2 atom stereocenters. The van der Waals surface area contributed by atoms with Crippen LogP contribution in [0.4, 0.5) is 0 Å². The van der Waals surface area contributed by atoms with Crippen molar-refractivity contribution in [2.45, 2.75) is 25.6 Å². The Morgan fingerprint density at radius 2 is 1.92 bits per heavy atom. The number of halogens is 1. The number of benzene rings is 2. The summed E-state index contributed by atoms with van der Waals surface area (Å²) < 4.78 is 13.2. The van der Waals surface area contributed by atoms with E-state index < -0.39 is 0 Å². The summed E-state index contributed by atoms with van der Waals surface area (Å²) in [5.41, 5.74) is 3.20. The van der Waals surface area contributed by atoms with E-state index in [1.54, 1.807) is 0 Å². The van der Waals surface area contributed by atoms with Crippen LogP contribution in [0, 0.1) is 6.92 Å². The summed E-state index contributed by atoms with van der Waals surface area (Å²) >= 11 is 3.58. The third-order valence-electron chi connectivity index (χ3n) is 4.86. The topological polar surface area (TPSA) is 38.0 Å². The van der Waals surface area contributed by atoms with E-state index in [4.69, 9.17) is 14.3 Å². The SMILES string of the molecule is Cc1ccc(C2=NN3[C@@H](c4ccccc4)Oc4ccc(Br)cc4[C@@H]3C2)o1. The predicted molar refractivity (Wildman–Crippen MR) is 103 cm³/mol. The average molecular weight is 409 g/mol. The van der Waals surface area contributed by atoms with Gasteiger partial charge in [0.05, 0.1) is 6.04 Å². The van der Waals surface area contributed by atoms with Crippen LogP contribution in [-0.4, -0.2) is 10.7 Å². The van der Waals surface area contributed by atoms with Gasteiger partial charge in [-0.15, -0.1) is 0 Å². The number of hydrazone groups is 1. The third-order valence-corrected chi connectivity index (χ3v) is 5.35. The molecule has 0 saturated heterocycles. The molecule has 5 heteroatoms. The summed E-state index contributed by atoms with van der Waals surface area (Å²) in [4.78, 5) is 0. The Bertz CT molecular complexity index is 996. The lowest BCUT2D eigenvalue weighted by Crippen LogP contribution is -2.33. The molecule has 26 heavy (non-hydrogen) atoms. The zero-order valence-electron chi connectivity index (χ0n) is 14.2. The molecule has 2 aromatic carbocycles. The van der Waals surface area contributed by atoms with Crippen LogP contribution in [0.2, 0.25) is 0 Å². The molecule has 2 aliphatic heterocycles. The van der Waals surface area contributed by atoms with Crippen molar-refractivity contribution in [3.63, 3.8) is 0 Å². The van der Waals surface area contributed by atoms with Gasteiger partial charge < -0.3 is 9.15 Å². The number of furan rings is 1. The van der Waals surface area contributed by atoms with Crippen molar-refractivity contribution in [3.05, 3.63) is 87.8 Å². The first-order chi connectivity index (χ1) is 12.7. The molecule has 4 nitrogen and oxygen atoms in total. The highest BCUT2D eigenvalue weighted by Crippen LogP contribution is 2.48. The van der Waals surface area contributed by atoms with Crippen molar-refractivity contribution in [2.75, 3.05) is 0 Å². The van der Waals surface area contributed by atoms with Crippen molar-refractivity contribution in [1.82, 2.24) is 5.01 Å². The van der Waals surface area contributed by atoms with Crippen LogP contribution in [0.5, 0.6) is 5.75 Å². The van der Waals surface area contributed by atoms with E-state index in [0.717, 1.165) is 45.0 Å². The van der Waals surface area contributed by atoms with Crippen molar-refractivity contribution < 1.29 is 9.15 Å². The number of hydrogen-bond acceptors (Lipinski definition) is 4. The summed E-state index contributed by atoms with van der Waals surface area (Å²) in [5.74, 6) is 2.64. The summed E-state index contributed by atoms with van der Waals surface area (Å²) in [6, 6.07) is 20.5. The maximum Gasteiger partial charge on any atom is 0.213 e. The number of nitrogens with zero attached hydrogens (tertiary/aromatic N) is 2. The molecule has 3 heterocycles. The van der Waals surface area contributed by atoms with E-state index in [-0.39, 0.29) is 12.3 Å². The second kappa shape index (κ2) is 6.02. The number of rotatable bonds is 2. The minimum atomic E-state index is -0.247. The lowest BCUT2D eigenvalue weighted by Gasteiger charge is -2.38. The number of ether oxygens (including phenoxy) is 1. The largest absolute Gasteiger partial charge is 0.464 e. The molecular formula is C21H17BrN2O2. The Morgan fingerprint density at radius 3 is 2.69 bits per heavy atom. The molecule has 0 saturated carbocycles. The van der Waals surface area contributed by atoms with Gasteiger partial charge in [0.2, 0.25) is 6.23 Å². The van der Waals surface area contributed by atoms with Crippen LogP contribution in [0.1, 0.15) is 41.3 Å². The molecule has 0 fully saturated rings. The number of hydrogen-bond donors (Lipinski definition) is 0. The molecule has 5 rings (SSSR count). The molecule has 2 aliphatic rings. The molecule has 0 N–H and O–H groups in total. The summed E-state index contributed by atoms with van der Waals surface area (Å²) in [5, 5.41) is 6.96. The zero-order chi connectivity index (χ0) is 17.7. The standard InChI is InChI=1S/C21H17BrN2O2/c1-13-7-9-20(25-13)17-12-18-16-11-15(22)8-10-19(16)26-21(24(18)23-17)14-5-3-2-4-6-14/h2-11,18,21H,12H2,1H3/t18-,21+/m0/s1. The lowest BCUT2D eigenvalue weighted by atomic mass is 9.97. The maximum atomic E-state index is 6.34. The van der Waals surface area contributed by atoms with Gasteiger partial charge in [-0.25, -0.2) is 5.01 Å². The van der Waals surface area contributed by atoms with Crippen molar-refractivity contribution in [1.29, 1.82) is 0 Å². The molecule has 0 spiro atoms. The normalized spacial score (nSPS) is 21.0. The molecule has 0 bridgehead atoms. The van der Waals surface area contributed by atoms with E-state index in [0.29, 0.717) is 0 Å². The van der Waals surface area contributed by atoms with Crippen LogP contribution >= 0.6 is 15.9 Å². The Kier molecular flexibility index (Phi) is 3.64. The molecule has 0 amide bonds. The van der Waals surface area contributed by atoms with Gasteiger partial charge in [-0.3, -0.25) is 0 Å². The Labute approximate surface area is 160 Å². The van der Waals surface area contributed by atoms with Crippen molar-refractivity contribution >= 4 is 21.6 Å². The molecule has 0 unspecified atom stereocenters. The fourth-order valence-electron chi connectivity index (χ4n) is 3.63. The molecule has 130 valence electrons. The smallest absolute Gasteiger partial charge is 0.213 e. The zero-order valence-corrected chi connectivity index (χ0v) is 15.8. The van der Waals surface area contributed by atoms with E-state index in [1.807, 2.05) is 49.4 Å². The second-order valence-corrected chi connectivity index (χ2v) is 7.54. The third kappa shape index (κ3) is 2.54. The monoisotopic (exact) mass is 408 g/mol. The molecule has 0 radical (unpaired) electrons. The molecule has 1 aromatic heterocycles. The molecule has 3 aromatic rings. The van der Waals surface area contributed by atoms with Crippen LogP contribution in [0.3, 0.4) is 0 Å². The summed E-state index contributed by atoms with van der Waals surface area (Å²) in [6.07, 6.45) is 0.548. The highest BCUT2D eigenvalue weighted by molar-refractivity contribution is 9.10. The maximum absolute atomic E-state index is 6.34. The Balaban J connectivity index is 1.61. The fraction of sp³-hybridized carbons (Fsp3) is 0.190. The van der Waals surface area contributed by atoms with Gasteiger partial charge in [-0.05, 0) is 37.3 Å². The van der Waals surface area contributed by atoms with Crippen LogP contribution < -0.4 is 4.74 Å².